The maximum Gasteiger partial charge on any atom is 0.151 e. The van der Waals surface area contributed by atoms with Crippen molar-refractivity contribution in [3.8, 4) is 0 Å². The van der Waals surface area contributed by atoms with Crippen LogP contribution in [0.5, 0.6) is 0 Å². The number of aliphatic hydroxyl groups excluding tert-OH is 1. The smallest absolute Gasteiger partial charge is 0.151 e. The average molecular weight is 221 g/mol. The number of nitrogens with zero attached hydrogens (tertiary/aromatic N) is 3. The third kappa shape index (κ3) is 2.16. The van der Waals surface area contributed by atoms with E-state index in [0.29, 0.717) is 17.7 Å². The SMILES string of the molecule is CC(C)C1CCCN1c1ccc(CO)nn1. The van der Waals surface area contributed by atoms with Gasteiger partial charge in [0.25, 0.3) is 0 Å². The van der Waals surface area contributed by atoms with Crippen LogP contribution in [-0.4, -0.2) is 27.9 Å². The highest BCUT2D eigenvalue weighted by atomic mass is 16.3. The van der Waals surface area contributed by atoms with E-state index in [2.05, 4.69) is 28.9 Å². The molecule has 2 rings (SSSR count). The van der Waals surface area contributed by atoms with Crippen LogP contribution in [0.25, 0.3) is 0 Å². The summed E-state index contributed by atoms with van der Waals surface area (Å²) < 4.78 is 0. The highest BCUT2D eigenvalue weighted by molar-refractivity contribution is 5.40. The van der Waals surface area contributed by atoms with Gasteiger partial charge in [0, 0.05) is 12.6 Å². The molecule has 0 amide bonds. The van der Waals surface area contributed by atoms with Crippen molar-refractivity contribution in [3.63, 3.8) is 0 Å². The number of hydrogen-bond donors (Lipinski definition) is 1. The van der Waals surface area contributed by atoms with Crippen LogP contribution in [0.15, 0.2) is 12.1 Å². The van der Waals surface area contributed by atoms with E-state index in [-0.39, 0.29) is 6.61 Å². The van der Waals surface area contributed by atoms with Crippen molar-refractivity contribution < 1.29 is 5.11 Å². The van der Waals surface area contributed by atoms with Gasteiger partial charge in [0.05, 0.1) is 12.3 Å². The third-order valence-electron chi connectivity index (χ3n) is 3.23. The minimum atomic E-state index is -0.0408. The number of aliphatic hydroxyl groups is 1. The lowest BCUT2D eigenvalue weighted by Gasteiger charge is -2.28. The fraction of sp³-hybridized carbons (Fsp3) is 0.667. The van der Waals surface area contributed by atoms with Gasteiger partial charge in [0.1, 0.15) is 0 Å². The molecule has 1 aliphatic heterocycles. The summed E-state index contributed by atoms with van der Waals surface area (Å²) in [4.78, 5) is 2.33. The Kier molecular flexibility index (Phi) is 3.39. The maximum atomic E-state index is 8.92. The molecule has 0 saturated carbocycles. The van der Waals surface area contributed by atoms with Gasteiger partial charge in [-0.1, -0.05) is 13.8 Å². The van der Waals surface area contributed by atoms with Crippen molar-refractivity contribution in [2.24, 2.45) is 5.92 Å². The zero-order valence-electron chi connectivity index (χ0n) is 9.93. The van der Waals surface area contributed by atoms with E-state index < -0.39 is 0 Å². The van der Waals surface area contributed by atoms with Gasteiger partial charge >= 0.3 is 0 Å². The molecule has 88 valence electrons. The van der Waals surface area contributed by atoms with E-state index >= 15 is 0 Å². The van der Waals surface area contributed by atoms with Gasteiger partial charge < -0.3 is 10.0 Å². The topological polar surface area (TPSA) is 49.2 Å². The fourth-order valence-electron chi connectivity index (χ4n) is 2.36. The quantitative estimate of drug-likeness (QED) is 0.842. The van der Waals surface area contributed by atoms with Crippen LogP contribution in [0.3, 0.4) is 0 Å². The van der Waals surface area contributed by atoms with Gasteiger partial charge in [-0.15, -0.1) is 5.10 Å². The second-order valence-electron chi connectivity index (χ2n) is 4.69. The summed E-state index contributed by atoms with van der Waals surface area (Å²) in [6.45, 7) is 5.52. The highest BCUT2D eigenvalue weighted by Crippen LogP contribution is 2.27. The molecule has 1 aliphatic rings. The maximum absolute atomic E-state index is 8.92. The van der Waals surface area contributed by atoms with Crippen molar-refractivity contribution >= 4 is 5.82 Å². The molecule has 1 aromatic rings. The fourth-order valence-corrected chi connectivity index (χ4v) is 2.36. The Hall–Kier alpha value is -1.16. The molecule has 2 heterocycles. The van der Waals surface area contributed by atoms with Crippen LogP contribution in [-0.2, 0) is 6.61 Å². The Bertz CT molecular complexity index is 337. The predicted octanol–water partition coefficient (Wildman–Crippen LogP) is 1.59. The first-order chi connectivity index (χ1) is 7.72. The van der Waals surface area contributed by atoms with Crippen LogP contribution in [0, 0.1) is 5.92 Å². The molecule has 0 spiro atoms. The Morgan fingerprint density at radius 3 is 2.81 bits per heavy atom. The van der Waals surface area contributed by atoms with Gasteiger partial charge in [0.15, 0.2) is 5.82 Å². The average Bonchev–Trinajstić information content (AvgIpc) is 2.78. The van der Waals surface area contributed by atoms with E-state index in [1.165, 1.54) is 12.8 Å². The summed E-state index contributed by atoms with van der Waals surface area (Å²) in [6, 6.07) is 4.38. The van der Waals surface area contributed by atoms with Gasteiger partial charge in [-0.05, 0) is 30.9 Å². The summed E-state index contributed by atoms with van der Waals surface area (Å²) in [7, 11) is 0. The second kappa shape index (κ2) is 4.78. The molecule has 1 fully saturated rings. The van der Waals surface area contributed by atoms with Gasteiger partial charge in [-0.25, -0.2) is 0 Å². The van der Waals surface area contributed by atoms with Crippen molar-refractivity contribution in [2.45, 2.75) is 39.3 Å². The summed E-state index contributed by atoms with van der Waals surface area (Å²) in [5.41, 5.74) is 0.629. The normalized spacial score (nSPS) is 20.8. The zero-order valence-corrected chi connectivity index (χ0v) is 9.93. The monoisotopic (exact) mass is 221 g/mol. The van der Waals surface area contributed by atoms with E-state index in [9.17, 15) is 0 Å². The number of anilines is 1. The van der Waals surface area contributed by atoms with Crippen LogP contribution in [0.1, 0.15) is 32.4 Å². The zero-order chi connectivity index (χ0) is 11.5. The molecule has 4 heteroatoms. The van der Waals surface area contributed by atoms with Crippen molar-refractivity contribution in [3.05, 3.63) is 17.8 Å². The molecule has 1 unspecified atom stereocenters. The first-order valence-corrected chi connectivity index (χ1v) is 5.92. The van der Waals surface area contributed by atoms with Crippen LogP contribution in [0.2, 0.25) is 0 Å². The Labute approximate surface area is 96.3 Å². The largest absolute Gasteiger partial charge is 0.390 e. The number of hydrogen-bond acceptors (Lipinski definition) is 4. The van der Waals surface area contributed by atoms with Crippen molar-refractivity contribution in [1.29, 1.82) is 0 Å². The molecular weight excluding hydrogens is 202 g/mol. The molecule has 1 N–H and O–H groups in total. The number of aromatic nitrogens is 2. The van der Waals surface area contributed by atoms with Gasteiger partial charge in [0.2, 0.25) is 0 Å². The lowest BCUT2D eigenvalue weighted by molar-refractivity contribution is 0.275. The molecule has 0 radical (unpaired) electrons. The summed E-state index contributed by atoms with van der Waals surface area (Å²) in [5, 5.41) is 17.1. The highest BCUT2D eigenvalue weighted by Gasteiger charge is 2.28. The van der Waals surface area contributed by atoms with Gasteiger partial charge in [-0.2, -0.15) is 5.10 Å². The van der Waals surface area contributed by atoms with Gasteiger partial charge in [-0.3, -0.25) is 0 Å². The van der Waals surface area contributed by atoms with Crippen molar-refractivity contribution in [2.75, 3.05) is 11.4 Å². The molecule has 1 saturated heterocycles. The molecule has 0 aliphatic carbocycles. The Morgan fingerprint density at radius 1 is 1.44 bits per heavy atom. The van der Waals surface area contributed by atoms with E-state index in [4.69, 9.17) is 5.11 Å². The molecule has 1 atom stereocenters. The Balaban J connectivity index is 2.16. The van der Waals surface area contributed by atoms with E-state index in [0.717, 1.165) is 12.4 Å². The van der Waals surface area contributed by atoms with E-state index in [1.807, 2.05) is 12.1 Å². The molecule has 16 heavy (non-hydrogen) atoms. The molecule has 4 nitrogen and oxygen atoms in total. The van der Waals surface area contributed by atoms with E-state index in [1.54, 1.807) is 0 Å². The standard InChI is InChI=1S/C12H19N3O/c1-9(2)11-4-3-7-15(11)12-6-5-10(8-16)13-14-12/h5-6,9,11,16H,3-4,7-8H2,1-2H3. The minimum absolute atomic E-state index is 0.0408. The van der Waals surface area contributed by atoms with Crippen molar-refractivity contribution in [1.82, 2.24) is 10.2 Å². The van der Waals surface area contributed by atoms with Crippen LogP contribution < -0.4 is 4.90 Å². The lowest BCUT2D eigenvalue weighted by atomic mass is 10.0. The number of rotatable bonds is 3. The van der Waals surface area contributed by atoms with Crippen LogP contribution in [0.4, 0.5) is 5.82 Å². The molecule has 0 aromatic carbocycles. The third-order valence-corrected chi connectivity index (χ3v) is 3.23. The molecule has 1 aromatic heterocycles. The first kappa shape index (κ1) is 11.3. The summed E-state index contributed by atoms with van der Waals surface area (Å²) >= 11 is 0. The summed E-state index contributed by atoms with van der Waals surface area (Å²) in [6.07, 6.45) is 2.47. The Morgan fingerprint density at radius 2 is 2.25 bits per heavy atom. The lowest BCUT2D eigenvalue weighted by Crippen LogP contribution is -2.34. The minimum Gasteiger partial charge on any atom is -0.390 e. The molecular formula is C12H19N3O. The first-order valence-electron chi connectivity index (χ1n) is 5.92. The second-order valence-corrected chi connectivity index (χ2v) is 4.69. The molecule has 0 bridgehead atoms. The summed E-state index contributed by atoms with van der Waals surface area (Å²) in [5.74, 6) is 1.58. The predicted molar refractivity (Wildman–Crippen MR) is 63.2 cm³/mol. The van der Waals surface area contributed by atoms with Crippen LogP contribution >= 0.6 is 0 Å².